The van der Waals surface area contributed by atoms with Crippen molar-refractivity contribution in [3.05, 3.63) is 144 Å². The zero-order chi connectivity index (χ0) is 45.8. The molecule has 0 N–H and O–H groups in total. The Balaban J connectivity index is 0.000000141. The molecule has 10 rings (SSSR count). The first-order valence-electron chi connectivity index (χ1n) is 24.7. The SMILES string of the molecule is CCC1CCOC2C(CC)OCOC12.CCC1OC(c2ccccc2)OC2C(CC)OC(c3ccccc3)OC12.CCC1OC(c2ccccc2)OC2C(CC)OC(c3ccccc3)OC12. The summed E-state index contributed by atoms with van der Waals surface area (Å²) in [6, 6.07) is 40.3. The van der Waals surface area contributed by atoms with Crippen LogP contribution >= 0.6 is 0 Å². The third kappa shape index (κ3) is 11.5. The third-order valence-electron chi connectivity index (χ3n) is 13.7. The topological polar surface area (TPSA) is 102 Å². The van der Waals surface area contributed by atoms with Crippen LogP contribution in [0, 0.1) is 5.92 Å². The average molecular weight is 909 g/mol. The fourth-order valence-electron chi connectivity index (χ4n) is 10.1. The highest BCUT2D eigenvalue weighted by Gasteiger charge is 2.50. The van der Waals surface area contributed by atoms with Gasteiger partial charge in [0.05, 0.1) is 36.6 Å². The maximum atomic E-state index is 6.32. The van der Waals surface area contributed by atoms with Gasteiger partial charge in [0.2, 0.25) is 0 Å². The van der Waals surface area contributed by atoms with Crippen LogP contribution < -0.4 is 0 Å². The molecule has 0 radical (unpaired) electrons. The summed E-state index contributed by atoms with van der Waals surface area (Å²) in [5.74, 6) is 0.659. The summed E-state index contributed by atoms with van der Waals surface area (Å²) in [4.78, 5) is 0. The lowest BCUT2D eigenvalue weighted by molar-refractivity contribution is -0.382. The summed E-state index contributed by atoms with van der Waals surface area (Å²) in [7, 11) is 0. The molecule has 0 amide bonds. The van der Waals surface area contributed by atoms with E-state index in [9.17, 15) is 0 Å². The molecule has 6 fully saturated rings. The number of benzene rings is 4. The lowest BCUT2D eigenvalue weighted by Gasteiger charge is -2.49. The Labute approximate surface area is 392 Å². The van der Waals surface area contributed by atoms with E-state index in [1.54, 1.807) is 0 Å². The molecule has 16 atom stereocenters. The number of hydrogen-bond donors (Lipinski definition) is 0. The van der Waals surface area contributed by atoms with Crippen molar-refractivity contribution < 1.29 is 52.1 Å². The molecule has 6 aliphatic heterocycles. The minimum atomic E-state index is -0.378. The molecule has 4 aromatic rings. The van der Waals surface area contributed by atoms with E-state index < -0.39 is 0 Å². The fourth-order valence-corrected chi connectivity index (χ4v) is 10.1. The van der Waals surface area contributed by atoms with E-state index in [4.69, 9.17) is 52.1 Å². The lowest BCUT2D eigenvalue weighted by atomic mass is 9.86. The number of fused-ring (bicyclic) bond motifs is 3. The summed E-state index contributed by atoms with van der Waals surface area (Å²) in [5.41, 5.74) is 4.13. The fraction of sp³-hybridized carbons (Fsp3) is 0.564. The van der Waals surface area contributed by atoms with Gasteiger partial charge in [-0.1, -0.05) is 169 Å². The number of ether oxygens (including phenoxy) is 11. The number of hydrogen-bond acceptors (Lipinski definition) is 11. The van der Waals surface area contributed by atoms with Crippen molar-refractivity contribution in [2.45, 2.75) is 179 Å². The van der Waals surface area contributed by atoms with Gasteiger partial charge in [0, 0.05) is 28.9 Å². The molecule has 4 aromatic carbocycles. The Morgan fingerprint density at radius 3 is 0.924 bits per heavy atom. The third-order valence-corrected chi connectivity index (χ3v) is 13.7. The quantitative estimate of drug-likeness (QED) is 0.152. The Kier molecular flexibility index (Phi) is 17.9. The minimum absolute atomic E-state index is 0.0249. The van der Waals surface area contributed by atoms with Crippen molar-refractivity contribution in [2.24, 2.45) is 5.92 Å². The van der Waals surface area contributed by atoms with Crippen molar-refractivity contribution in [3.63, 3.8) is 0 Å². The van der Waals surface area contributed by atoms with E-state index in [-0.39, 0.29) is 92.3 Å². The van der Waals surface area contributed by atoms with E-state index in [1.807, 2.05) is 121 Å². The van der Waals surface area contributed by atoms with Gasteiger partial charge < -0.3 is 52.1 Å². The van der Waals surface area contributed by atoms with Gasteiger partial charge in [-0.05, 0) is 44.4 Å². The van der Waals surface area contributed by atoms with Crippen LogP contribution in [0.25, 0.3) is 0 Å². The molecule has 16 unspecified atom stereocenters. The van der Waals surface area contributed by atoms with Crippen molar-refractivity contribution in [1.82, 2.24) is 0 Å². The highest BCUT2D eigenvalue weighted by Crippen LogP contribution is 2.44. The van der Waals surface area contributed by atoms with Crippen molar-refractivity contribution in [3.8, 4) is 0 Å². The van der Waals surface area contributed by atoms with E-state index >= 15 is 0 Å². The lowest BCUT2D eigenvalue weighted by Crippen LogP contribution is -2.57. The predicted molar refractivity (Wildman–Crippen MR) is 250 cm³/mol. The van der Waals surface area contributed by atoms with Crippen LogP contribution in [-0.2, 0) is 52.1 Å². The molecule has 0 aromatic heterocycles. The van der Waals surface area contributed by atoms with Gasteiger partial charge in [0.15, 0.2) is 25.2 Å². The van der Waals surface area contributed by atoms with Crippen LogP contribution in [0.4, 0.5) is 0 Å². The first-order chi connectivity index (χ1) is 32.5. The van der Waals surface area contributed by atoms with Gasteiger partial charge in [-0.15, -0.1) is 0 Å². The molecule has 6 saturated heterocycles. The summed E-state index contributed by atoms with van der Waals surface area (Å²) in [6.45, 7) is 14.2. The van der Waals surface area contributed by atoms with Crippen LogP contribution in [0.15, 0.2) is 121 Å². The second kappa shape index (κ2) is 24.1. The molecule has 0 bridgehead atoms. The summed E-state index contributed by atoms with van der Waals surface area (Å²) in [5, 5.41) is 0. The van der Waals surface area contributed by atoms with Crippen LogP contribution in [-0.4, -0.2) is 80.5 Å². The van der Waals surface area contributed by atoms with Crippen LogP contribution in [0.2, 0.25) is 0 Å². The van der Waals surface area contributed by atoms with E-state index in [0.717, 1.165) is 67.4 Å². The van der Waals surface area contributed by atoms with Crippen molar-refractivity contribution in [1.29, 1.82) is 0 Å². The largest absolute Gasteiger partial charge is 0.373 e. The van der Waals surface area contributed by atoms with E-state index in [2.05, 4.69) is 41.5 Å². The van der Waals surface area contributed by atoms with Gasteiger partial charge in [-0.25, -0.2) is 0 Å². The zero-order valence-corrected chi connectivity index (χ0v) is 39.6. The molecule has 6 heterocycles. The Morgan fingerprint density at radius 1 is 0.318 bits per heavy atom. The van der Waals surface area contributed by atoms with Crippen LogP contribution in [0.3, 0.4) is 0 Å². The van der Waals surface area contributed by atoms with Crippen LogP contribution in [0.5, 0.6) is 0 Å². The van der Waals surface area contributed by atoms with Gasteiger partial charge in [-0.2, -0.15) is 0 Å². The normalized spacial score (nSPS) is 36.2. The Morgan fingerprint density at radius 2 is 0.636 bits per heavy atom. The zero-order valence-electron chi connectivity index (χ0n) is 39.6. The highest BCUT2D eigenvalue weighted by atomic mass is 16.8. The molecule has 358 valence electrons. The van der Waals surface area contributed by atoms with Crippen molar-refractivity contribution >= 4 is 0 Å². The second-order valence-corrected chi connectivity index (χ2v) is 17.9. The highest BCUT2D eigenvalue weighted by molar-refractivity contribution is 5.20. The Bertz CT molecular complexity index is 1710. The first-order valence-corrected chi connectivity index (χ1v) is 24.7. The van der Waals surface area contributed by atoms with Gasteiger partial charge in [-0.3, -0.25) is 0 Å². The van der Waals surface area contributed by atoms with Crippen LogP contribution in [0.1, 0.15) is 134 Å². The maximum absolute atomic E-state index is 6.32. The van der Waals surface area contributed by atoms with Crippen molar-refractivity contribution in [2.75, 3.05) is 13.4 Å². The molecular formula is C55H72O11. The van der Waals surface area contributed by atoms with E-state index in [0.29, 0.717) is 12.7 Å². The smallest absolute Gasteiger partial charge is 0.184 e. The van der Waals surface area contributed by atoms with Gasteiger partial charge >= 0.3 is 0 Å². The molecule has 0 spiro atoms. The Hall–Kier alpha value is -3.56. The molecule has 0 aliphatic carbocycles. The minimum Gasteiger partial charge on any atom is -0.373 e. The average Bonchev–Trinajstić information content (AvgIpc) is 3.40. The number of rotatable bonds is 10. The molecule has 6 aliphatic rings. The molecule has 66 heavy (non-hydrogen) atoms. The van der Waals surface area contributed by atoms with E-state index in [1.165, 1.54) is 6.42 Å². The maximum Gasteiger partial charge on any atom is 0.184 e. The predicted octanol–water partition coefficient (Wildman–Crippen LogP) is 11.5. The second-order valence-electron chi connectivity index (χ2n) is 17.9. The van der Waals surface area contributed by atoms with Gasteiger partial charge in [0.1, 0.15) is 37.3 Å². The molecule has 11 heteroatoms. The molecule has 11 nitrogen and oxygen atoms in total. The first kappa shape index (κ1) is 48.9. The monoisotopic (exact) mass is 909 g/mol. The summed E-state index contributed by atoms with van der Waals surface area (Å²) < 4.78 is 67.3. The van der Waals surface area contributed by atoms with Gasteiger partial charge in [0.25, 0.3) is 0 Å². The molecular weight excluding hydrogens is 837 g/mol. The summed E-state index contributed by atoms with van der Waals surface area (Å²) >= 11 is 0. The molecule has 0 saturated carbocycles. The summed E-state index contributed by atoms with van der Waals surface area (Å²) in [6.07, 6.45) is 5.33. The standard InChI is InChI=1S/2C22H26O4.C11H20O3/c2*1-3-17-19-20(26-21(23-17)15-11-7-5-8-12-15)18(4-2)24-22(25-19)16-13-9-6-10-14-16;1-3-8-5-6-12-11-9(4-2)13-7-14-10(8)11/h2*5-14,17-22H,3-4H2,1-2H3;8-11H,3-7H2,1-2H3.